The molecule has 0 fully saturated rings. The number of rotatable bonds is 3. The van der Waals surface area contributed by atoms with Crippen LogP contribution in [0.1, 0.15) is 5.82 Å². The van der Waals surface area contributed by atoms with Crippen LogP contribution in [0.15, 0.2) is 42.6 Å². The average molecular weight is 263 g/mol. The molecule has 3 aromatic rings. The number of pyridine rings is 1. The molecule has 0 bridgehead atoms. The Morgan fingerprint density at radius 3 is 2.80 bits per heavy atom. The van der Waals surface area contributed by atoms with Crippen molar-refractivity contribution in [3.63, 3.8) is 0 Å². The highest BCUT2D eigenvalue weighted by atomic mass is 15.0. The number of imidazole rings is 1. The van der Waals surface area contributed by atoms with E-state index in [4.69, 9.17) is 11.0 Å². The topological polar surface area (TPSA) is 91.4 Å². The summed E-state index contributed by atoms with van der Waals surface area (Å²) >= 11 is 0. The molecule has 3 N–H and O–H groups in total. The number of nitrogens with two attached hydrogens (primary N) is 1. The van der Waals surface area contributed by atoms with E-state index in [0.717, 1.165) is 16.6 Å². The van der Waals surface area contributed by atoms with E-state index in [1.165, 1.54) is 0 Å². The van der Waals surface area contributed by atoms with Crippen molar-refractivity contribution in [2.24, 2.45) is 5.73 Å². The third-order valence-corrected chi connectivity index (χ3v) is 3.10. The van der Waals surface area contributed by atoms with Gasteiger partial charge in [0.05, 0.1) is 17.6 Å². The first-order valence-corrected chi connectivity index (χ1v) is 6.32. The molecule has 5 heteroatoms. The number of fused-ring (bicyclic) bond motifs is 1. The molecular weight excluding hydrogens is 250 g/mol. The molecule has 1 aromatic carbocycles. The summed E-state index contributed by atoms with van der Waals surface area (Å²) in [4.78, 5) is 11.9. The molecule has 0 saturated carbocycles. The number of hydrogen-bond donors (Lipinski definition) is 2. The quantitative estimate of drug-likeness (QED) is 0.756. The Balaban J connectivity index is 2.09. The van der Waals surface area contributed by atoms with Crippen molar-refractivity contribution < 1.29 is 0 Å². The molecular formula is C15H13N5. The molecule has 0 spiro atoms. The maximum atomic E-state index is 8.77. The van der Waals surface area contributed by atoms with Crippen LogP contribution in [0.3, 0.4) is 0 Å². The van der Waals surface area contributed by atoms with Gasteiger partial charge in [0.25, 0.3) is 0 Å². The van der Waals surface area contributed by atoms with Gasteiger partial charge in [-0.05, 0) is 11.6 Å². The van der Waals surface area contributed by atoms with Crippen LogP contribution in [0, 0.1) is 11.3 Å². The summed E-state index contributed by atoms with van der Waals surface area (Å²) < 4.78 is 0. The summed E-state index contributed by atoms with van der Waals surface area (Å²) in [6.45, 7) is 0. The van der Waals surface area contributed by atoms with Gasteiger partial charge in [0, 0.05) is 18.2 Å². The van der Waals surface area contributed by atoms with Crippen LogP contribution < -0.4 is 5.73 Å². The lowest BCUT2D eigenvalue weighted by Crippen LogP contribution is -2.20. The van der Waals surface area contributed by atoms with Gasteiger partial charge in [-0.2, -0.15) is 5.26 Å². The molecule has 0 saturated heterocycles. The monoisotopic (exact) mass is 263 g/mol. The Kier molecular flexibility index (Phi) is 3.15. The van der Waals surface area contributed by atoms with Crippen LogP contribution in [-0.2, 0) is 6.42 Å². The second kappa shape index (κ2) is 5.11. The van der Waals surface area contributed by atoms with Gasteiger partial charge < -0.3 is 10.7 Å². The third kappa shape index (κ3) is 2.25. The third-order valence-electron chi connectivity index (χ3n) is 3.10. The lowest BCUT2D eigenvalue weighted by Gasteiger charge is -2.01. The molecule has 98 valence electrons. The number of nitrogens with zero attached hydrogens (tertiary/aromatic N) is 3. The van der Waals surface area contributed by atoms with Gasteiger partial charge in [-0.3, -0.25) is 0 Å². The molecule has 2 heterocycles. The molecule has 0 aliphatic carbocycles. The standard InChI is InChI=1S/C15H13N5/c16-9-11(17)8-13-19-14-12(6-7-18-15(14)20-13)10-4-2-1-3-5-10/h1-7,11H,8,17H2,(H,18,19,20)/t11-/m0/s1. The van der Waals surface area contributed by atoms with E-state index in [1.54, 1.807) is 6.20 Å². The van der Waals surface area contributed by atoms with Crippen LogP contribution in [-0.4, -0.2) is 21.0 Å². The fraction of sp³-hybridized carbons (Fsp3) is 0.133. The number of hydrogen-bond acceptors (Lipinski definition) is 4. The number of nitriles is 1. The van der Waals surface area contributed by atoms with Gasteiger partial charge in [0.1, 0.15) is 5.82 Å². The van der Waals surface area contributed by atoms with Gasteiger partial charge in [-0.1, -0.05) is 30.3 Å². The van der Waals surface area contributed by atoms with E-state index in [-0.39, 0.29) is 0 Å². The highest BCUT2D eigenvalue weighted by Gasteiger charge is 2.11. The molecule has 2 aromatic heterocycles. The van der Waals surface area contributed by atoms with E-state index < -0.39 is 6.04 Å². The predicted octanol–water partition coefficient (Wildman–Crippen LogP) is 2.02. The molecule has 0 aliphatic heterocycles. The van der Waals surface area contributed by atoms with Crippen LogP contribution in [0.25, 0.3) is 22.3 Å². The van der Waals surface area contributed by atoms with Crippen molar-refractivity contribution >= 4 is 11.2 Å². The zero-order valence-corrected chi connectivity index (χ0v) is 10.7. The van der Waals surface area contributed by atoms with Crippen molar-refractivity contribution in [2.45, 2.75) is 12.5 Å². The highest BCUT2D eigenvalue weighted by Crippen LogP contribution is 2.25. The van der Waals surface area contributed by atoms with E-state index in [9.17, 15) is 0 Å². The number of aromatic amines is 1. The minimum atomic E-state index is -0.560. The van der Waals surface area contributed by atoms with Crippen LogP contribution in [0.4, 0.5) is 0 Å². The minimum absolute atomic E-state index is 0.390. The number of H-pyrrole nitrogens is 1. The summed E-state index contributed by atoms with van der Waals surface area (Å²) in [7, 11) is 0. The summed E-state index contributed by atoms with van der Waals surface area (Å²) in [5.74, 6) is 0.685. The second-order valence-corrected chi connectivity index (χ2v) is 4.55. The number of nitrogens with one attached hydrogen (secondary N) is 1. The smallest absolute Gasteiger partial charge is 0.178 e. The fourth-order valence-electron chi connectivity index (χ4n) is 2.17. The van der Waals surface area contributed by atoms with Gasteiger partial charge in [-0.25, -0.2) is 9.97 Å². The van der Waals surface area contributed by atoms with Crippen LogP contribution in [0.5, 0.6) is 0 Å². The van der Waals surface area contributed by atoms with E-state index in [0.29, 0.717) is 17.9 Å². The molecule has 3 rings (SSSR count). The summed E-state index contributed by atoms with van der Waals surface area (Å²) in [6, 6.07) is 13.4. The molecule has 0 aliphatic rings. The van der Waals surface area contributed by atoms with Gasteiger partial charge >= 0.3 is 0 Å². The maximum absolute atomic E-state index is 8.77. The van der Waals surface area contributed by atoms with Crippen molar-refractivity contribution in [3.8, 4) is 17.2 Å². The largest absolute Gasteiger partial charge is 0.340 e. The lowest BCUT2D eigenvalue weighted by molar-refractivity contribution is 0.785. The fourth-order valence-corrected chi connectivity index (χ4v) is 2.17. The molecule has 1 atom stereocenters. The van der Waals surface area contributed by atoms with Crippen LogP contribution in [0.2, 0.25) is 0 Å². The minimum Gasteiger partial charge on any atom is -0.340 e. The molecule has 0 unspecified atom stereocenters. The maximum Gasteiger partial charge on any atom is 0.178 e. The number of benzene rings is 1. The first-order valence-electron chi connectivity index (χ1n) is 6.32. The average Bonchev–Trinajstić information content (AvgIpc) is 2.90. The Morgan fingerprint density at radius 2 is 2.05 bits per heavy atom. The predicted molar refractivity (Wildman–Crippen MR) is 76.6 cm³/mol. The van der Waals surface area contributed by atoms with E-state index >= 15 is 0 Å². The first-order chi connectivity index (χ1) is 9.78. The highest BCUT2D eigenvalue weighted by molar-refractivity contribution is 5.89. The molecule has 5 nitrogen and oxygen atoms in total. The SMILES string of the molecule is N#C[C@@H](N)Cc1nc2nccc(-c3ccccc3)c2[nH]1. The summed E-state index contributed by atoms with van der Waals surface area (Å²) in [6.07, 6.45) is 2.13. The van der Waals surface area contributed by atoms with Crippen molar-refractivity contribution in [1.29, 1.82) is 5.26 Å². The zero-order valence-electron chi connectivity index (χ0n) is 10.7. The normalized spacial score (nSPS) is 12.2. The Hall–Kier alpha value is -2.71. The van der Waals surface area contributed by atoms with Crippen molar-refractivity contribution in [3.05, 3.63) is 48.4 Å². The van der Waals surface area contributed by atoms with Crippen molar-refractivity contribution in [1.82, 2.24) is 15.0 Å². The van der Waals surface area contributed by atoms with Gasteiger partial charge in [0.15, 0.2) is 5.65 Å². The number of aromatic nitrogens is 3. The summed E-state index contributed by atoms with van der Waals surface area (Å²) in [5, 5.41) is 8.77. The first kappa shape index (κ1) is 12.3. The van der Waals surface area contributed by atoms with Crippen LogP contribution >= 0.6 is 0 Å². The molecule has 0 amide bonds. The molecule has 20 heavy (non-hydrogen) atoms. The second-order valence-electron chi connectivity index (χ2n) is 4.55. The Bertz CT molecular complexity index is 770. The van der Waals surface area contributed by atoms with Crippen molar-refractivity contribution in [2.75, 3.05) is 0 Å². The Labute approximate surface area is 116 Å². The zero-order chi connectivity index (χ0) is 13.9. The van der Waals surface area contributed by atoms with E-state index in [2.05, 4.69) is 15.0 Å². The van der Waals surface area contributed by atoms with E-state index in [1.807, 2.05) is 42.5 Å². The molecule has 0 radical (unpaired) electrons. The van der Waals surface area contributed by atoms with Gasteiger partial charge in [0.2, 0.25) is 0 Å². The lowest BCUT2D eigenvalue weighted by atomic mass is 10.1. The van der Waals surface area contributed by atoms with Gasteiger partial charge in [-0.15, -0.1) is 0 Å². The Morgan fingerprint density at radius 1 is 1.25 bits per heavy atom. The summed E-state index contributed by atoms with van der Waals surface area (Å²) in [5.41, 5.74) is 9.29.